The maximum absolute atomic E-state index is 5.88. The predicted octanol–water partition coefficient (Wildman–Crippen LogP) is 4.21. The molecular weight excluding hydrogens is 341 g/mol. The normalized spacial score (nSPS) is 17.1. The molecule has 1 aliphatic heterocycles. The molecule has 1 fully saturated rings. The van der Waals surface area contributed by atoms with Crippen molar-refractivity contribution in [3.63, 3.8) is 0 Å². The summed E-state index contributed by atoms with van der Waals surface area (Å²) in [4.78, 5) is 4.97. The van der Waals surface area contributed by atoms with Gasteiger partial charge in [-0.2, -0.15) is 0 Å². The smallest absolute Gasteiger partial charge is 0.0366 e. The van der Waals surface area contributed by atoms with Gasteiger partial charge in [0, 0.05) is 37.1 Å². The van der Waals surface area contributed by atoms with Crippen molar-refractivity contribution in [1.29, 1.82) is 0 Å². The van der Waals surface area contributed by atoms with Crippen LogP contribution in [0.15, 0.2) is 54.6 Å². The standard InChI is InChI=1S/C19H25N3.2ClH/c1-21(14-16-7-5-8-17(20)13-16)19-11-6-12-22(15-19)18-9-3-2-4-10-18;;/h2-5,7-10,13,19H,6,11-12,14-15,20H2,1H3;2*1H. The van der Waals surface area contributed by atoms with Gasteiger partial charge in [-0.25, -0.2) is 0 Å². The fourth-order valence-electron chi connectivity index (χ4n) is 3.30. The minimum Gasteiger partial charge on any atom is -0.399 e. The number of nitrogens with zero attached hydrogens (tertiary/aromatic N) is 2. The molecule has 1 saturated heterocycles. The lowest BCUT2D eigenvalue weighted by molar-refractivity contribution is 0.208. The van der Waals surface area contributed by atoms with Crippen LogP contribution in [0, 0.1) is 0 Å². The third-order valence-electron chi connectivity index (χ3n) is 4.52. The highest BCUT2D eigenvalue weighted by Crippen LogP contribution is 2.22. The molecule has 132 valence electrons. The summed E-state index contributed by atoms with van der Waals surface area (Å²) in [5, 5.41) is 0. The van der Waals surface area contributed by atoms with Crippen molar-refractivity contribution in [3.8, 4) is 0 Å². The summed E-state index contributed by atoms with van der Waals surface area (Å²) in [5.74, 6) is 0. The molecule has 2 aromatic rings. The van der Waals surface area contributed by atoms with E-state index in [1.54, 1.807) is 0 Å². The van der Waals surface area contributed by atoms with Crippen molar-refractivity contribution in [2.45, 2.75) is 25.4 Å². The van der Waals surface area contributed by atoms with Gasteiger partial charge in [0.05, 0.1) is 0 Å². The van der Waals surface area contributed by atoms with E-state index in [4.69, 9.17) is 5.73 Å². The Morgan fingerprint density at radius 3 is 2.54 bits per heavy atom. The van der Waals surface area contributed by atoms with E-state index in [9.17, 15) is 0 Å². The summed E-state index contributed by atoms with van der Waals surface area (Å²) in [5.41, 5.74) is 9.36. The first-order valence-electron chi connectivity index (χ1n) is 8.07. The molecule has 0 bridgehead atoms. The van der Waals surface area contributed by atoms with E-state index in [1.807, 2.05) is 12.1 Å². The number of hydrogen-bond acceptors (Lipinski definition) is 3. The number of para-hydroxylation sites is 1. The second-order valence-electron chi connectivity index (χ2n) is 6.24. The number of hydrogen-bond donors (Lipinski definition) is 1. The van der Waals surface area contributed by atoms with E-state index in [2.05, 4.69) is 59.3 Å². The van der Waals surface area contributed by atoms with Crippen LogP contribution in [0.5, 0.6) is 0 Å². The molecule has 2 aromatic carbocycles. The molecule has 0 saturated carbocycles. The number of piperidine rings is 1. The third kappa shape index (κ3) is 5.30. The van der Waals surface area contributed by atoms with Crippen LogP contribution in [-0.2, 0) is 6.54 Å². The monoisotopic (exact) mass is 367 g/mol. The number of benzene rings is 2. The van der Waals surface area contributed by atoms with E-state index < -0.39 is 0 Å². The minimum atomic E-state index is 0. The lowest BCUT2D eigenvalue weighted by atomic mass is 10.0. The van der Waals surface area contributed by atoms with Crippen LogP contribution in [0.1, 0.15) is 18.4 Å². The molecule has 3 rings (SSSR count). The molecule has 0 spiro atoms. The predicted molar refractivity (Wildman–Crippen MR) is 108 cm³/mol. The van der Waals surface area contributed by atoms with E-state index in [0.29, 0.717) is 6.04 Å². The van der Waals surface area contributed by atoms with Gasteiger partial charge in [0.1, 0.15) is 0 Å². The summed E-state index contributed by atoms with van der Waals surface area (Å²) in [6.07, 6.45) is 2.52. The largest absolute Gasteiger partial charge is 0.399 e. The van der Waals surface area contributed by atoms with Gasteiger partial charge in [-0.1, -0.05) is 30.3 Å². The first kappa shape index (κ1) is 20.6. The van der Waals surface area contributed by atoms with Gasteiger partial charge in [0.2, 0.25) is 0 Å². The first-order valence-corrected chi connectivity index (χ1v) is 8.07. The zero-order chi connectivity index (χ0) is 15.4. The Kier molecular flexibility index (Phi) is 8.40. The summed E-state index contributed by atoms with van der Waals surface area (Å²) >= 11 is 0. The zero-order valence-corrected chi connectivity index (χ0v) is 15.7. The number of nitrogen functional groups attached to an aromatic ring is 1. The minimum absolute atomic E-state index is 0. The van der Waals surface area contributed by atoms with Gasteiger partial charge in [-0.05, 0) is 49.7 Å². The highest BCUT2D eigenvalue weighted by molar-refractivity contribution is 5.85. The maximum atomic E-state index is 5.88. The Morgan fingerprint density at radius 2 is 1.83 bits per heavy atom. The molecule has 0 radical (unpaired) electrons. The van der Waals surface area contributed by atoms with Gasteiger partial charge in [0.25, 0.3) is 0 Å². The van der Waals surface area contributed by atoms with Crippen LogP contribution in [-0.4, -0.2) is 31.1 Å². The van der Waals surface area contributed by atoms with Crippen molar-refractivity contribution in [2.24, 2.45) is 0 Å². The van der Waals surface area contributed by atoms with Crippen LogP contribution in [0.2, 0.25) is 0 Å². The molecule has 1 aliphatic rings. The Labute approximate surface area is 157 Å². The van der Waals surface area contributed by atoms with E-state index in [1.165, 1.54) is 24.1 Å². The van der Waals surface area contributed by atoms with Gasteiger partial charge in [0.15, 0.2) is 0 Å². The molecule has 2 N–H and O–H groups in total. The average molecular weight is 368 g/mol. The van der Waals surface area contributed by atoms with Crippen molar-refractivity contribution in [3.05, 3.63) is 60.2 Å². The van der Waals surface area contributed by atoms with E-state index in [-0.39, 0.29) is 24.8 Å². The summed E-state index contributed by atoms with van der Waals surface area (Å²) in [6, 6.07) is 19.5. The number of halogens is 2. The van der Waals surface area contributed by atoms with Crippen molar-refractivity contribution < 1.29 is 0 Å². The second-order valence-corrected chi connectivity index (χ2v) is 6.24. The molecular formula is C19H27Cl2N3. The lowest BCUT2D eigenvalue weighted by Gasteiger charge is -2.39. The topological polar surface area (TPSA) is 32.5 Å². The molecule has 1 heterocycles. The summed E-state index contributed by atoms with van der Waals surface area (Å²) in [7, 11) is 2.22. The molecule has 5 heteroatoms. The van der Waals surface area contributed by atoms with Crippen molar-refractivity contribution in [2.75, 3.05) is 30.8 Å². The molecule has 0 aromatic heterocycles. The Morgan fingerprint density at radius 1 is 1.08 bits per heavy atom. The molecule has 3 nitrogen and oxygen atoms in total. The number of nitrogens with two attached hydrogens (primary N) is 1. The van der Waals surface area contributed by atoms with E-state index >= 15 is 0 Å². The zero-order valence-electron chi connectivity index (χ0n) is 14.1. The van der Waals surface area contributed by atoms with Gasteiger partial charge >= 0.3 is 0 Å². The quantitative estimate of drug-likeness (QED) is 0.821. The molecule has 1 unspecified atom stereocenters. The first-order chi connectivity index (χ1) is 10.7. The van der Waals surface area contributed by atoms with Crippen molar-refractivity contribution in [1.82, 2.24) is 4.90 Å². The number of likely N-dealkylation sites (N-methyl/N-ethyl adjacent to an activating group) is 1. The van der Waals surface area contributed by atoms with Gasteiger partial charge in [-0.3, -0.25) is 4.90 Å². The molecule has 24 heavy (non-hydrogen) atoms. The average Bonchev–Trinajstić information content (AvgIpc) is 2.56. The van der Waals surface area contributed by atoms with Crippen LogP contribution < -0.4 is 10.6 Å². The SMILES string of the molecule is CN(Cc1cccc(N)c1)C1CCCN(c2ccccc2)C1.Cl.Cl. The second kappa shape index (κ2) is 9.77. The summed E-state index contributed by atoms with van der Waals surface area (Å²) in [6.45, 7) is 3.22. The van der Waals surface area contributed by atoms with Gasteiger partial charge in [-0.15, -0.1) is 24.8 Å². The number of rotatable bonds is 4. The highest BCUT2D eigenvalue weighted by atomic mass is 35.5. The molecule has 0 aliphatic carbocycles. The van der Waals surface area contributed by atoms with Gasteiger partial charge < -0.3 is 10.6 Å². The Hall–Kier alpha value is -1.42. The van der Waals surface area contributed by atoms with E-state index in [0.717, 1.165) is 25.3 Å². The third-order valence-corrected chi connectivity index (χ3v) is 4.52. The van der Waals surface area contributed by atoms with Crippen LogP contribution in [0.25, 0.3) is 0 Å². The Bertz CT molecular complexity index is 607. The highest BCUT2D eigenvalue weighted by Gasteiger charge is 2.23. The lowest BCUT2D eigenvalue weighted by Crippen LogP contribution is -2.46. The van der Waals surface area contributed by atoms with Crippen LogP contribution in [0.3, 0.4) is 0 Å². The van der Waals surface area contributed by atoms with Crippen LogP contribution >= 0.6 is 24.8 Å². The fraction of sp³-hybridized carbons (Fsp3) is 0.368. The summed E-state index contributed by atoms with van der Waals surface area (Å²) < 4.78 is 0. The maximum Gasteiger partial charge on any atom is 0.0366 e. The molecule has 1 atom stereocenters. The van der Waals surface area contributed by atoms with Crippen molar-refractivity contribution >= 4 is 36.2 Å². The fourth-order valence-corrected chi connectivity index (χ4v) is 3.30. The molecule has 0 amide bonds. The Balaban J connectivity index is 0.00000144. The van der Waals surface area contributed by atoms with Crippen LogP contribution in [0.4, 0.5) is 11.4 Å². The number of anilines is 2.